The maximum absolute atomic E-state index is 6.11. The van der Waals surface area contributed by atoms with Crippen molar-refractivity contribution in [2.75, 3.05) is 19.6 Å². The van der Waals surface area contributed by atoms with E-state index >= 15 is 0 Å². The highest BCUT2D eigenvalue weighted by Gasteiger charge is 2.27. The Morgan fingerprint density at radius 1 is 1.07 bits per heavy atom. The Morgan fingerprint density at radius 3 is 2.53 bits per heavy atom. The molecule has 1 aromatic carbocycles. The molecule has 0 spiro atoms. The van der Waals surface area contributed by atoms with Crippen LogP contribution in [0.15, 0.2) is 52.0 Å². The van der Waals surface area contributed by atoms with E-state index in [9.17, 15) is 0 Å². The van der Waals surface area contributed by atoms with Gasteiger partial charge in [-0.3, -0.25) is 15.0 Å². The Morgan fingerprint density at radius 2 is 1.83 bits per heavy atom. The highest BCUT2D eigenvalue weighted by molar-refractivity contribution is 14.2. The average molecular weight is 550 g/mol. The smallest absolute Gasteiger partial charge is 0.100 e. The van der Waals surface area contributed by atoms with Crippen molar-refractivity contribution in [1.82, 2.24) is 20.1 Å². The molecule has 1 saturated heterocycles. The van der Waals surface area contributed by atoms with Crippen molar-refractivity contribution in [3.05, 3.63) is 59.5 Å². The molecule has 0 bridgehead atoms. The van der Waals surface area contributed by atoms with Crippen LogP contribution in [0.5, 0.6) is 0 Å². The van der Waals surface area contributed by atoms with Gasteiger partial charge in [0.25, 0.3) is 0 Å². The fourth-order valence-corrected chi connectivity index (χ4v) is 7.32. The molecule has 1 N–H and O–H groups in total. The lowest BCUT2D eigenvalue weighted by Gasteiger charge is -2.31. The number of benzene rings is 1. The van der Waals surface area contributed by atoms with Crippen molar-refractivity contribution in [3.8, 4) is 22.4 Å². The van der Waals surface area contributed by atoms with E-state index < -0.39 is 0 Å². The van der Waals surface area contributed by atoms with Crippen molar-refractivity contribution in [2.24, 2.45) is 3.21 Å². The lowest BCUT2D eigenvalue weighted by molar-refractivity contribution is 0.238. The molecule has 0 amide bonds. The molecule has 8 heteroatoms. The summed E-state index contributed by atoms with van der Waals surface area (Å²) in [4.78, 5) is 6.74. The van der Waals surface area contributed by atoms with Crippen LogP contribution in [0.3, 0.4) is 0 Å². The number of halogens is 2. The lowest BCUT2D eigenvalue weighted by atomic mass is 9.88. The Labute approximate surface area is 195 Å². The number of rotatable bonds is 5. The molecular weight excluding hydrogens is 529 g/mol. The minimum absolute atomic E-state index is 0.0527. The van der Waals surface area contributed by atoms with Crippen LogP contribution in [0.4, 0.5) is 0 Å². The molecule has 1 fully saturated rings. The second-order valence-corrected chi connectivity index (χ2v) is 11.3. The predicted octanol–water partition coefficient (Wildman–Crippen LogP) is 5.76. The zero-order valence-electron chi connectivity index (χ0n) is 16.3. The number of nitrogens with one attached hydrogen (secondary N) is 1. The van der Waals surface area contributed by atoms with Gasteiger partial charge in [-0.05, 0) is 55.8 Å². The summed E-state index contributed by atoms with van der Waals surface area (Å²) in [5.41, 5.74) is 5.62. The number of thioether (sulfide) groups is 1. The van der Waals surface area contributed by atoms with Gasteiger partial charge in [0.05, 0.1) is 5.04 Å². The molecule has 0 aliphatic carbocycles. The summed E-state index contributed by atoms with van der Waals surface area (Å²) in [6.07, 6.45) is 5.94. The largest absolute Gasteiger partial charge is 0.297 e. The normalized spacial score (nSPS) is 17.7. The molecular formula is C22H21ClIN5S. The predicted molar refractivity (Wildman–Crippen MR) is 136 cm³/mol. The van der Waals surface area contributed by atoms with Crippen molar-refractivity contribution in [2.45, 2.75) is 18.8 Å². The number of likely N-dealkylation sites (tertiary alicyclic amines) is 1. The molecule has 0 radical (unpaired) electrons. The van der Waals surface area contributed by atoms with E-state index in [0.717, 1.165) is 54.3 Å². The van der Waals surface area contributed by atoms with Crippen LogP contribution < -0.4 is 0 Å². The molecule has 30 heavy (non-hydrogen) atoms. The first-order valence-electron chi connectivity index (χ1n) is 9.93. The Hall–Kier alpha value is -1.55. The summed E-state index contributed by atoms with van der Waals surface area (Å²) in [7, 11) is 0. The zero-order valence-corrected chi connectivity index (χ0v) is 20.0. The molecule has 2 aliphatic heterocycles. The van der Waals surface area contributed by atoms with Gasteiger partial charge in [-0.25, -0.2) is 3.21 Å². The standard InChI is InChI=1S/C22H21ClIN5S/c23-18-3-1-16(2-4-18)21-20(15-5-9-25-10-6-15)22(28-27-21)17-7-11-29(12-8-17)13-19-26-24-14-30-19/h1-6,9-10,14,17H,7-8,11-13H2,(H,27,28). The van der Waals surface area contributed by atoms with E-state index in [1.165, 1.54) is 16.3 Å². The topological polar surface area (TPSA) is 57.2 Å². The van der Waals surface area contributed by atoms with E-state index in [1.54, 1.807) is 0 Å². The number of piperidine rings is 1. The summed E-state index contributed by atoms with van der Waals surface area (Å²) in [5, 5.41) is 10.2. The first kappa shape index (κ1) is 20.4. The number of hydrogen-bond donors (Lipinski definition) is 1. The average Bonchev–Trinajstić information content (AvgIpc) is 3.46. The van der Waals surface area contributed by atoms with Crippen molar-refractivity contribution in [3.63, 3.8) is 0 Å². The van der Waals surface area contributed by atoms with Gasteiger partial charge in [0, 0.05) is 71.0 Å². The van der Waals surface area contributed by atoms with Crippen LogP contribution in [-0.2, 0) is 0 Å². The summed E-state index contributed by atoms with van der Waals surface area (Å²) in [6, 6.07) is 12.0. The summed E-state index contributed by atoms with van der Waals surface area (Å²) in [6.45, 7) is 3.19. The number of pyridine rings is 1. The maximum Gasteiger partial charge on any atom is 0.100 e. The number of hydrogen-bond acceptors (Lipinski definition) is 5. The summed E-state index contributed by atoms with van der Waals surface area (Å²) < 4.78 is 6.95. The Balaban J connectivity index is 1.42. The van der Waals surface area contributed by atoms with Crippen molar-refractivity contribution in [1.29, 1.82) is 0 Å². The van der Waals surface area contributed by atoms with E-state index in [1.807, 2.05) is 48.4 Å². The van der Waals surface area contributed by atoms with Crippen LogP contribution >= 0.6 is 44.4 Å². The number of nitrogens with zero attached hydrogens (tertiary/aromatic N) is 4. The second-order valence-electron chi connectivity index (χ2n) is 7.44. The monoisotopic (exact) mass is 549 g/mol. The first-order chi connectivity index (χ1) is 14.8. The van der Waals surface area contributed by atoms with Gasteiger partial charge in [0.2, 0.25) is 0 Å². The van der Waals surface area contributed by atoms with Gasteiger partial charge in [-0.15, -0.1) is 0 Å². The Bertz CT molecular complexity index is 1070. The van der Waals surface area contributed by atoms with Gasteiger partial charge in [0.1, 0.15) is 5.69 Å². The number of aromatic amines is 1. The molecule has 0 unspecified atom stereocenters. The summed E-state index contributed by atoms with van der Waals surface area (Å²) >= 11 is 7.89. The van der Waals surface area contributed by atoms with E-state index in [2.05, 4.69) is 33.7 Å². The third kappa shape index (κ3) is 4.39. The van der Waals surface area contributed by atoms with Crippen LogP contribution in [0.25, 0.3) is 22.4 Å². The van der Waals surface area contributed by atoms with Gasteiger partial charge in [0.15, 0.2) is 0 Å². The quantitative estimate of drug-likeness (QED) is 0.411. The Kier molecular flexibility index (Phi) is 6.31. The van der Waals surface area contributed by atoms with Crippen LogP contribution in [0, 0.1) is 0 Å². The fraction of sp³-hybridized carbons (Fsp3) is 0.273. The van der Waals surface area contributed by atoms with Crippen LogP contribution in [0.1, 0.15) is 24.5 Å². The van der Waals surface area contributed by atoms with E-state index in [0.29, 0.717) is 5.92 Å². The molecule has 0 saturated carbocycles. The minimum atomic E-state index is -0.0527. The molecule has 3 aromatic rings. The number of H-pyrrole nitrogens is 1. The fourth-order valence-electron chi connectivity index (χ4n) is 4.08. The number of aromatic nitrogens is 3. The third-order valence-corrected chi connectivity index (χ3v) is 9.15. The van der Waals surface area contributed by atoms with Gasteiger partial charge >= 0.3 is 0 Å². The van der Waals surface area contributed by atoms with Crippen LogP contribution in [-0.4, -0.2) is 48.1 Å². The molecule has 0 atom stereocenters. The third-order valence-electron chi connectivity index (χ3n) is 5.60. The van der Waals surface area contributed by atoms with Crippen molar-refractivity contribution >= 4 is 52.8 Å². The van der Waals surface area contributed by atoms with Gasteiger partial charge < -0.3 is 0 Å². The molecule has 4 heterocycles. The van der Waals surface area contributed by atoms with Gasteiger partial charge in [-0.2, -0.15) is 5.10 Å². The zero-order chi connectivity index (χ0) is 20.3. The highest BCUT2D eigenvalue weighted by atomic mass is 127. The van der Waals surface area contributed by atoms with Crippen LogP contribution in [0.2, 0.25) is 5.02 Å². The van der Waals surface area contributed by atoms with E-state index in [4.69, 9.17) is 16.7 Å². The molecule has 5 rings (SSSR count). The summed E-state index contributed by atoms with van der Waals surface area (Å²) in [5.74, 6) is 0.468. The van der Waals surface area contributed by atoms with Crippen molar-refractivity contribution < 1.29 is 0 Å². The first-order valence-corrected chi connectivity index (χ1v) is 13.4. The lowest BCUT2D eigenvalue weighted by Crippen LogP contribution is -2.36. The molecule has 5 nitrogen and oxygen atoms in total. The molecule has 2 aliphatic rings. The maximum atomic E-state index is 6.11. The van der Waals surface area contributed by atoms with Gasteiger partial charge in [-0.1, -0.05) is 35.5 Å². The second kappa shape index (κ2) is 9.30. The SMILES string of the molecule is Clc1ccc(-c2n[nH]c(C3CCN(CC4=NI=CS4)CC3)c2-c2ccncc2)cc1. The highest BCUT2D eigenvalue weighted by Crippen LogP contribution is 2.40. The van der Waals surface area contributed by atoms with E-state index in [-0.39, 0.29) is 21.0 Å². The molecule has 154 valence electrons. The molecule has 2 aromatic heterocycles. The minimum Gasteiger partial charge on any atom is -0.297 e.